The summed E-state index contributed by atoms with van der Waals surface area (Å²) in [5.41, 5.74) is 0.292. The fraction of sp³-hybridized carbons (Fsp3) is 0.0909. The molecule has 0 bridgehead atoms. The Morgan fingerprint density at radius 1 is 1.00 bits per heavy atom. The van der Waals surface area contributed by atoms with Gasteiger partial charge < -0.3 is 14.0 Å². The minimum absolute atomic E-state index is 0.0367. The Hall–Kier alpha value is -3.92. The molecule has 0 saturated carbocycles. The number of methoxy groups -OCH3 is 1. The van der Waals surface area contributed by atoms with Crippen LogP contribution in [0.2, 0.25) is 0 Å². The molecule has 2 heterocycles. The normalized spacial score (nSPS) is 11.2. The number of benzene rings is 2. The van der Waals surface area contributed by atoms with Gasteiger partial charge in [0.05, 0.1) is 12.0 Å². The van der Waals surface area contributed by atoms with Crippen LogP contribution in [0.15, 0.2) is 78.0 Å². The Morgan fingerprint density at radius 2 is 1.72 bits per heavy atom. The summed E-state index contributed by atoms with van der Waals surface area (Å²) in [6, 6.07) is 15.2. The van der Waals surface area contributed by atoms with Crippen LogP contribution in [0.25, 0.3) is 5.82 Å². The van der Waals surface area contributed by atoms with Gasteiger partial charge in [-0.1, -0.05) is 0 Å². The minimum atomic E-state index is -3.98. The van der Waals surface area contributed by atoms with Crippen LogP contribution < -0.4 is 14.2 Å². The molecule has 2 aromatic heterocycles. The number of hydrogen-bond donors (Lipinski definition) is 1. The summed E-state index contributed by atoms with van der Waals surface area (Å²) >= 11 is 0. The molecule has 4 aromatic rings. The quantitative estimate of drug-likeness (QED) is 0.447. The Morgan fingerprint density at radius 3 is 2.38 bits per heavy atom. The van der Waals surface area contributed by atoms with Gasteiger partial charge in [-0.3, -0.25) is 4.72 Å². The number of nitrogens with zero attached hydrogens (tertiary/aromatic N) is 3. The van der Waals surface area contributed by atoms with Crippen LogP contribution >= 0.6 is 0 Å². The number of nitrogens with one attached hydrogen (secondary N) is 1. The Bertz CT molecular complexity index is 1340. The SMILES string of the molecule is COc1ccc(S(=O)(=O)Nc2ccc(Oc3cc(-n4cccc4)nc(C)n3)cc2)cc1F. The maximum Gasteiger partial charge on any atom is 0.262 e. The summed E-state index contributed by atoms with van der Waals surface area (Å²) in [7, 11) is -2.67. The van der Waals surface area contributed by atoms with Crippen LogP contribution in [0.3, 0.4) is 0 Å². The van der Waals surface area contributed by atoms with Crippen LogP contribution in [-0.2, 0) is 10.0 Å². The van der Waals surface area contributed by atoms with Crippen molar-refractivity contribution in [1.29, 1.82) is 0 Å². The zero-order valence-electron chi connectivity index (χ0n) is 17.2. The van der Waals surface area contributed by atoms with Crippen LogP contribution in [0.1, 0.15) is 5.82 Å². The number of ether oxygens (including phenoxy) is 2. The largest absolute Gasteiger partial charge is 0.494 e. The van der Waals surface area contributed by atoms with Gasteiger partial charge in [0, 0.05) is 24.1 Å². The molecule has 32 heavy (non-hydrogen) atoms. The molecule has 8 nitrogen and oxygen atoms in total. The first kappa shape index (κ1) is 21.3. The highest BCUT2D eigenvalue weighted by atomic mass is 32.2. The third kappa shape index (κ3) is 4.70. The van der Waals surface area contributed by atoms with E-state index in [1.807, 2.05) is 29.1 Å². The molecule has 2 aromatic carbocycles. The topological polar surface area (TPSA) is 95.3 Å². The summed E-state index contributed by atoms with van der Waals surface area (Å²) in [5.74, 6) is 1.21. The van der Waals surface area contributed by atoms with E-state index < -0.39 is 15.8 Å². The third-order valence-electron chi connectivity index (χ3n) is 4.43. The van der Waals surface area contributed by atoms with Crippen molar-refractivity contribution in [3.05, 3.63) is 84.7 Å². The average molecular weight is 454 g/mol. The van der Waals surface area contributed by atoms with Gasteiger partial charge in [-0.15, -0.1) is 0 Å². The molecule has 0 radical (unpaired) electrons. The van der Waals surface area contributed by atoms with Crippen LogP contribution in [-0.4, -0.2) is 30.1 Å². The smallest absolute Gasteiger partial charge is 0.262 e. The molecule has 1 N–H and O–H groups in total. The molecule has 0 spiro atoms. The summed E-state index contributed by atoms with van der Waals surface area (Å²) < 4.78 is 53.8. The van der Waals surface area contributed by atoms with E-state index in [4.69, 9.17) is 9.47 Å². The molecule has 164 valence electrons. The fourth-order valence-electron chi connectivity index (χ4n) is 2.94. The van der Waals surface area contributed by atoms with Gasteiger partial charge in [0.25, 0.3) is 10.0 Å². The van der Waals surface area contributed by atoms with E-state index in [1.54, 1.807) is 25.1 Å². The lowest BCUT2D eigenvalue weighted by atomic mass is 10.3. The molecular weight excluding hydrogens is 435 g/mol. The van der Waals surface area contributed by atoms with Crippen molar-refractivity contribution in [2.75, 3.05) is 11.8 Å². The second-order valence-corrected chi connectivity index (χ2v) is 8.41. The first-order valence-corrected chi connectivity index (χ1v) is 11.0. The zero-order chi connectivity index (χ0) is 22.7. The van der Waals surface area contributed by atoms with Gasteiger partial charge in [0.1, 0.15) is 17.4 Å². The second-order valence-electron chi connectivity index (χ2n) is 6.73. The lowest BCUT2D eigenvalue weighted by Crippen LogP contribution is -2.13. The summed E-state index contributed by atoms with van der Waals surface area (Å²) in [5, 5.41) is 0. The first-order valence-electron chi connectivity index (χ1n) is 9.47. The second kappa shape index (κ2) is 8.67. The number of hydrogen-bond acceptors (Lipinski definition) is 6. The molecule has 4 rings (SSSR count). The van der Waals surface area contributed by atoms with Gasteiger partial charge in [-0.2, -0.15) is 4.98 Å². The number of anilines is 1. The zero-order valence-corrected chi connectivity index (χ0v) is 18.0. The number of rotatable bonds is 7. The summed E-state index contributed by atoms with van der Waals surface area (Å²) in [6.45, 7) is 1.76. The molecule has 0 aliphatic carbocycles. The lowest BCUT2D eigenvalue weighted by Gasteiger charge is -2.11. The van der Waals surface area contributed by atoms with E-state index in [2.05, 4.69) is 14.7 Å². The van der Waals surface area contributed by atoms with Crippen LogP contribution in [0.4, 0.5) is 10.1 Å². The first-order chi connectivity index (χ1) is 15.3. The highest BCUT2D eigenvalue weighted by molar-refractivity contribution is 7.92. The predicted molar refractivity (Wildman–Crippen MR) is 116 cm³/mol. The maximum absolute atomic E-state index is 13.9. The molecule has 0 unspecified atom stereocenters. The Kier molecular flexibility index (Phi) is 5.78. The third-order valence-corrected chi connectivity index (χ3v) is 5.81. The van der Waals surface area contributed by atoms with Crippen molar-refractivity contribution in [3.63, 3.8) is 0 Å². The Balaban J connectivity index is 1.50. The highest BCUT2D eigenvalue weighted by Gasteiger charge is 2.17. The lowest BCUT2D eigenvalue weighted by molar-refractivity contribution is 0.385. The van der Waals surface area contributed by atoms with Gasteiger partial charge >= 0.3 is 0 Å². The van der Waals surface area contributed by atoms with E-state index >= 15 is 0 Å². The standard InChI is InChI=1S/C22H19FN4O4S/c1-15-24-21(27-11-3-4-12-27)14-22(25-15)31-17-7-5-16(6-8-17)26-32(28,29)18-9-10-20(30-2)19(23)13-18/h3-14,26H,1-2H3. The van der Waals surface area contributed by atoms with Gasteiger partial charge in [0.2, 0.25) is 5.88 Å². The Labute approximate surface area is 184 Å². The van der Waals surface area contributed by atoms with Crippen LogP contribution in [0, 0.1) is 12.7 Å². The van der Waals surface area contributed by atoms with Crippen molar-refractivity contribution in [2.45, 2.75) is 11.8 Å². The minimum Gasteiger partial charge on any atom is -0.494 e. The number of halogens is 1. The van der Waals surface area contributed by atoms with Crippen molar-refractivity contribution in [2.24, 2.45) is 0 Å². The molecule has 0 saturated heterocycles. The summed E-state index contributed by atoms with van der Waals surface area (Å²) in [6.07, 6.45) is 3.72. The number of sulfonamides is 1. The van der Waals surface area contributed by atoms with Crippen molar-refractivity contribution in [3.8, 4) is 23.2 Å². The van der Waals surface area contributed by atoms with Crippen molar-refractivity contribution < 1.29 is 22.3 Å². The van der Waals surface area contributed by atoms with Gasteiger partial charge in [-0.05, 0) is 61.5 Å². The van der Waals surface area contributed by atoms with E-state index in [1.165, 1.54) is 31.4 Å². The summed E-state index contributed by atoms with van der Waals surface area (Å²) in [4.78, 5) is 8.44. The monoisotopic (exact) mass is 454 g/mol. The van der Waals surface area contributed by atoms with E-state index in [9.17, 15) is 12.8 Å². The molecule has 0 fully saturated rings. The number of aromatic nitrogens is 3. The van der Waals surface area contributed by atoms with Crippen molar-refractivity contribution >= 4 is 15.7 Å². The van der Waals surface area contributed by atoms with E-state index in [-0.39, 0.29) is 10.6 Å². The van der Waals surface area contributed by atoms with Gasteiger partial charge in [0.15, 0.2) is 11.6 Å². The highest BCUT2D eigenvalue weighted by Crippen LogP contribution is 2.26. The molecule has 0 aliphatic rings. The molecule has 0 amide bonds. The fourth-order valence-corrected chi connectivity index (χ4v) is 4.01. The van der Waals surface area contributed by atoms with Crippen molar-refractivity contribution in [1.82, 2.24) is 14.5 Å². The van der Waals surface area contributed by atoms with Gasteiger partial charge in [-0.25, -0.2) is 17.8 Å². The molecule has 0 atom stereocenters. The van der Waals surface area contributed by atoms with Crippen LogP contribution in [0.5, 0.6) is 17.4 Å². The number of aryl methyl sites for hydroxylation is 1. The molecule has 0 aliphatic heterocycles. The molecular formula is C22H19FN4O4S. The average Bonchev–Trinajstić information content (AvgIpc) is 3.29. The predicted octanol–water partition coefficient (Wildman–Crippen LogP) is 4.32. The molecule has 10 heteroatoms. The van der Waals surface area contributed by atoms with E-state index in [0.29, 0.717) is 29.0 Å². The van der Waals surface area contributed by atoms with E-state index in [0.717, 1.165) is 6.07 Å². The maximum atomic E-state index is 13.9.